The van der Waals surface area contributed by atoms with Crippen molar-refractivity contribution in [3.8, 4) is 5.75 Å². The van der Waals surface area contributed by atoms with Gasteiger partial charge in [-0.3, -0.25) is 9.10 Å². The van der Waals surface area contributed by atoms with Crippen molar-refractivity contribution in [3.05, 3.63) is 59.2 Å². The number of hydrogen-bond donors (Lipinski definition) is 1. The van der Waals surface area contributed by atoms with Crippen LogP contribution in [-0.4, -0.2) is 39.8 Å². The van der Waals surface area contributed by atoms with E-state index in [1.807, 2.05) is 57.2 Å². The van der Waals surface area contributed by atoms with E-state index in [2.05, 4.69) is 5.32 Å². The van der Waals surface area contributed by atoms with Gasteiger partial charge in [0, 0.05) is 0 Å². The smallest absolute Gasteiger partial charge is 0.243 e. The first-order valence-corrected chi connectivity index (χ1v) is 11.0. The lowest BCUT2D eigenvalue weighted by Gasteiger charge is -2.29. The van der Waals surface area contributed by atoms with E-state index in [0.717, 1.165) is 28.7 Å². The van der Waals surface area contributed by atoms with Crippen molar-refractivity contribution in [2.75, 3.05) is 23.7 Å². The second kappa shape index (κ2) is 9.10. The maximum absolute atomic E-state index is 12.6. The molecular formula is C21H28N2O4S. The van der Waals surface area contributed by atoms with Gasteiger partial charge in [-0.2, -0.15) is 0 Å². The predicted octanol–water partition coefficient (Wildman–Crippen LogP) is 2.96. The molecule has 0 fully saturated rings. The van der Waals surface area contributed by atoms with Crippen LogP contribution in [0.25, 0.3) is 0 Å². The van der Waals surface area contributed by atoms with Gasteiger partial charge in [-0.1, -0.05) is 30.3 Å². The number of para-hydroxylation sites is 1. The number of carbonyl (C=O) groups excluding carboxylic acids is 1. The highest BCUT2D eigenvalue weighted by Crippen LogP contribution is 2.26. The maximum Gasteiger partial charge on any atom is 0.243 e. The summed E-state index contributed by atoms with van der Waals surface area (Å²) in [7, 11) is -3.64. The van der Waals surface area contributed by atoms with E-state index in [-0.39, 0.29) is 12.5 Å². The summed E-state index contributed by atoms with van der Waals surface area (Å²) in [5, 5.41) is 2.76. The van der Waals surface area contributed by atoms with Gasteiger partial charge in [0.2, 0.25) is 15.9 Å². The predicted molar refractivity (Wildman–Crippen MR) is 112 cm³/mol. The van der Waals surface area contributed by atoms with Crippen molar-refractivity contribution in [1.82, 2.24) is 5.32 Å². The number of nitrogens with zero attached hydrogens (tertiary/aromatic N) is 1. The first-order chi connectivity index (χ1) is 13.1. The van der Waals surface area contributed by atoms with Crippen LogP contribution in [0, 0.1) is 20.8 Å². The Bertz CT molecular complexity index is 941. The van der Waals surface area contributed by atoms with E-state index >= 15 is 0 Å². The second-order valence-corrected chi connectivity index (χ2v) is 8.79. The van der Waals surface area contributed by atoms with Crippen LogP contribution in [0.4, 0.5) is 5.69 Å². The van der Waals surface area contributed by atoms with Gasteiger partial charge in [0.05, 0.1) is 18.5 Å². The number of rotatable bonds is 8. The summed E-state index contributed by atoms with van der Waals surface area (Å²) in [6.07, 6.45) is 1.11. The molecule has 0 unspecified atom stereocenters. The molecule has 0 aliphatic heterocycles. The monoisotopic (exact) mass is 404 g/mol. The average molecular weight is 405 g/mol. The fraction of sp³-hybridized carbons (Fsp3) is 0.381. The highest BCUT2D eigenvalue weighted by atomic mass is 32.2. The molecular weight excluding hydrogens is 376 g/mol. The molecule has 0 bridgehead atoms. The fourth-order valence-corrected chi connectivity index (χ4v) is 4.16. The zero-order valence-electron chi connectivity index (χ0n) is 17.0. The number of benzene rings is 2. The van der Waals surface area contributed by atoms with Crippen LogP contribution in [0.1, 0.15) is 23.6 Å². The van der Waals surface area contributed by atoms with Crippen molar-refractivity contribution < 1.29 is 17.9 Å². The number of amides is 1. The van der Waals surface area contributed by atoms with Crippen LogP contribution in [0.3, 0.4) is 0 Å². The molecule has 0 saturated heterocycles. The molecule has 0 spiro atoms. The van der Waals surface area contributed by atoms with Crippen LogP contribution in [0.5, 0.6) is 5.75 Å². The number of anilines is 1. The standard InChI is InChI=1S/C21H28N2O4S/c1-15-10-11-16(2)19(14-15)23(28(5,25)26)18(4)21(24)22-12-13-27-20-9-7-6-8-17(20)3/h6-11,14,18H,12-13H2,1-5H3,(H,22,24)/t18-/m0/s1. The zero-order chi connectivity index (χ0) is 20.9. The molecule has 1 N–H and O–H groups in total. The van der Waals surface area contributed by atoms with Gasteiger partial charge in [0.1, 0.15) is 18.4 Å². The van der Waals surface area contributed by atoms with Gasteiger partial charge in [0.15, 0.2) is 0 Å². The molecule has 2 aromatic carbocycles. The highest BCUT2D eigenvalue weighted by molar-refractivity contribution is 7.92. The van der Waals surface area contributed by atoms with Crippen LogP contribution < -0.4 is 14.4 Å². The molecule has 0 aliphatic carbocycles. The minimum absolute atomic E-state index is 0.280. The van der Waals surface area contributed by atoms with E-state index in [0.29, 0.717) is 12.3 Å². The number of aryl methyl sites for hydroxylation is 3. The van der Waals surface area contributed by atoms with Gasteiger partial charge in [-0.15, -0.1) is 0 Å². The van der Waals surface area contributed by atoms with Crippen molar-refractivity contribution in [3.63, 3.8) is 0 Å². The quantitative estimate of drug-likeness (QED) is 0.687. The molecule has 0 radical (unpaired) electrons. The van der Waals surface area contributed by atoms with Gasteiger partial charge < -0.3 is 10.1 Å². The molecule has 7 heteroatoms. The van der Waals surface area contributed by atoms with Crippen LogP contribution in [-0.2, 0) is 14.8 Å². The molecule has 1 amide bonds. The highest BCUT2D eigenvalue weighted by Gasteiger charge is 2.30. The molecule has 2 aromatic rings. The normalized spacial score (nSPS) is 12.3. The van der Waals surface area contributed by atoms with E-state index in [1.165, 1.54) is 4.31 Å². The lowest BCUT2D eigenvalue weighted by Crippen LogP contribution is -2.48. The number of hydrogen-bond acceptors (Lipinski definition) is 4. The summed E-state index contributed by atoms with van der Waals surface area (Å²) in [4.78, 5) is 12.6. The van der Waals surface area contributed by atoms with Gasteiger partial charge in [-0.25, -0.2) is 8.42 Å². The largest absolute Gasteiger partial charge is 0.491 e. The van der Waals surface area contributed by atoms with Crippen molar-refractivity contribution in [2.45, 2.75) is 33.7 Å². The fourth-order valence-electron chi connectivity index (χ4n) is 2.94. The Kier molecular flexibility index (Phi) is 7.07. The van der Waals surface area contributed by atoms with E-state index in [1.54, 1.807) is 13.0 Å². The van der Waals surface area contributed by atoms with Crippen molar-refractivity contribution >= 4 is 21.6 Å². The minimum atomic E-state index is -3.64. The molecule has 0 aliphatic rings. The molecule has 0 saturated carbocycles. The summed E-state index contributed by atoms with van der Waals surface area (Å²) in [5.41, 5.74) is 3.24. The average Bonchev–Trinajstić information content (AvgIpc) is 2.61. The van der Waals surface area contributed by atoms with Gasteiger partial charge in [-0.05, 0) is 56.5 Å². The Balaban J connectivity index is 2.06. The first-order valence-electron chi connectivity index (χ1n) is 9.14. The molecule has 0 aromatic heterocycles. The number of carbonyl (C=O) groups is 1. The van der Waals surface area contributed by atoms with E-state index < -0.39 is 16.1 Å². The first kappa shape index (κ1) is 21.8. The lowest BCUT2D eigenvalue weighted by molar-refractivity contribution is -0.121. The summed E-state index contributed by atoms with van der Waals surface area (Å²) in [6, 6.07) is 12.3. The Morgan fingerprint density at radius 3 is 2.43 bits per heavy atom. The summed E-state index contributed by atoms with van der Waals surface area (Å²) < 4.78 is 31.7. The lowest BCUT2D eigenvalue weighted by atomic mass is 10.1. The Labute approximate surface area is 167 Å². The third kappa shape index (κ3) is 5.48. The van der Waals surface area contributed by atoms with Crippen molar-refractivity contribution in [2.24, 2.45) is 0 Å². The Morgan fingerprint density at radius 2 is 1.79 bits per heavy atom. The topological polar surface area (TPSA) is 75.7 Å². The summed E-state index contributed by atoms with van der Waals surface area (Å²) in [6.45, 7) is 7.82. The molecule has 152 valence electrons. The van der Waals surface area contributed by atoms with Crippen LogP contribution in [0.15, 0.2) is 42.5 Å². The minimum Gasteiger partial charge on any atom is -0.491 e. The number of sulfonamides is 1. The van der Waals surface area contributed by atoms with Gasteiger partial charge in [0.25, 0.3) is 0 Å². The molecule has 2 rings (SSSR count). The van der Waals surface area contributed by atoms with Crippen LogP contribution >= 0.6 is 0 Å². The molecule has 28 heavy (non-hydrogen) atoms. The maximum atomic E-state index is 12.6. The Hall–Kier alpha value is -2.54. The molecule has 6 nitrogen and oxygen atoms in total. The van der Waals surface area contributed by atoms with E-state index in [4.69, 9.17) is 4.74 Å². The number of nitrogens with one attached hydrogen (secondary N) is 1. The zero-order valence-corrected chi connectivity index (χ0v) is 17.8. The Morgan fingerprint density at radius 1 is 1.11 bits per heavy atom. The summed E-state index contributed by atoms with van der Waals surface area (Å²) in [5.74, 6) is 0.387. The third-order valence-corrected chi connectivity index (χ3v) is 5.67. The second-order valence-electron chi connectivity index (χ2n) is 6.93. The number of ether oxygens (including phenoxy) is 1. The molecule has 1 atom stereocenters. The SMILES string of the molecule is Cc1ccc(C)c(N([C@@H](C)C(=O)NCCOc2ccccc2C)S(C)(=O)=O)c1. The van der Waals surface area contributed by atoms with Gasteiger partial charge >= 0.3 is 0 Å². The van der Waals surface area contributed by atoms with E-state index in [9.17, 15) is 13.2 Å². The van der Waals surface area contributed by atoms with Crippen LogP contribution in [0.2, 0.25) is 0 Å². The molecule has 0 heterocycles. The summed E-state index contributed by atoms with van der Waals surface area (Å²) >= 11 is 0. The van der Waals surface area contributed by atoms with Crippen molar-refractivity contribution in [1.29, 1.82) is 0 Å². The third-order valence-electron chi connectivity index (χ3n) is 4.44.